The summed E-state index contributed by atoms with van der Waals surface area (Å²) in [6.45, 7) is 5.69. The lowest BCUT2D eigenvalue weighted by Crippen LogP contribution is -2.11. The largest absolute Gasteiger partial charge is 0.339 e. The quantitative estimate of drug-likeness (QED) is 0.895. The average molecular weight is 344 g/mol. The predicted molar refractivity (Wildman–Crippen MR) is 94.9 cm³/mol. The van der Waals surface area contributed by atoms with Gasteiger partial charge in [-0.1, -0.05) is 18.2 Å². The van der Waals surface area contributed by atoms with Crippen molar-refractivity contribution in [1.29, 1.82) is 0 Å². The summed E-state index contributed by atoms with van der Waals surface area (Å²) in [4.78, 5) is 0.105. The molecule has 0 saturated carbocycles. The number of rotatable bonds is 2. The molecule has 24 heavy (non-hydrogen) atoms. The zero-order chi connectivity index (χ0) is 17.5. The van der Waals surface area contributed by atoms with Crippen molar-refractivity contribution >= 4 is 26.5 Å². The van der Waals surface area contributed by atoms with Gasteiger partial charge in [-0.15, -0.1) is 4.40 Å². The van der Waals surface area contributed by atoms with Crippen molar-refractivity contribution in [2.45, 2.75) is 20.8 Å². The van der Waals surface area contributed by atoms with Gasteiger partial charge >= 0.3 is 0 Å². The van der Waals surface area contributed by atoms with E-state index >= 15 is 0 Å². The molecule has 0 aliphatic carbocycles. The molecule has 1 aliphatic rings. The first-order chi connectivity index (χ1) is 11.3. The molecule has 0 spiro atoms. The summed E-state index contributed by atoms with van der Waals surface area (Å²) in [6, 6.07) is 11.1. The van der Waals surface area contributed by atoms with E-state index in [0.717, 1.165) is 16.8 Å². The highest BCUT2D eigenvalue weighted by Crippen LogP contribution is 2.33. The minimum absolute atomic E-state index is 0.105. The van der Waals surface area contributed by atoms with Gasteiger partial charge in [-0.25, -0.2) is 4.39 Å². The smallest absolute Gasteiger partial charge is 0.285 e. The fourth-order valence-electron chi connectivity index (χ4n) is 2.57. The van der Waals surface area contributed by atoms with Crippen molar-refractivity contribution in [2.24, 2.45) is 4.40 Å². The van der Waals surface area contributed by atoms with Crippen LogP contribution in [0.2, 0.25) is 0 Å². The molecule has 0 radical (unpaired) electrons. The summed E-state index contributed by atoms with van der Waals surface area (Å²) >= 11 is 0. The molecule has 1 heterocycles. The highest BCUT2D eigenvalue weighted by atomic mass is 32.2. The van der Waals surface area contributed by atoms with Crippen molar-refractivity contribution in [3.63, 3.8) is 0 Å². The molecule has 124 valence electrons. The van der Waals surface area contributed by atoms with Crippen LogP contribution in [0.3, 0.4) is 0 Å². The molecule has 6 heteroatoms. The first kappa shape index (κ1) is 16.4. The van der Waals surface area contributed by atoms with Gasteiger partial charge in [-0.2, -0.15) is 8.42 Å². The maximum absolute atomic E-state index is 13.1. The van der Waals surface area contributed by atoms with E-state index in [4.69, 9.17) is 0 Å². The molecule has 0 aromatic heterocycles. The van der Waals surface area contributed by atoms with Gasteiger partial charge in [0.2, 0.25) is 0 Å². The number of anilines is 1. The molecule has 3 rings (SSSR count). The van der Waals surface area contributed by atoms with Gasteiger partial charge in [0, 0.05) is 11.3 Å². The number of hydrogen-bond acceptors (Lipinski definition) is 3. The lowest BCUT2D eigenvalue weighted by atomic mass is 10.1. The predicted octanol–water partition coefficient (Wildman–Crippen LogP) is 4.03. The molecular weight excluding hydrogens is 327 g/mol. The number of hydrogen-bond donors (Lipinski definition) is 1. The summed E-state index contributed by atoms with van der Waals surface area (Å²) in [7, 11) is -3.81. The van der Waals surface area contributed by atoms with E-state index in [2.05, 4.69) is 9.71 Å². The Bertz CT molecular complexity index is 975. The molecular formula is C18H17FN2O2S. The number of benzene rings is 2. The van der Waals surface area contributed by atoms with Crippen LogP contribution in [0.4, 0.5) is 10.1 Å². The van der Waals surface area contributed by atoms with Crippen LogP contribution in [0.15, 0.2) is 52.4 Å². The maximum atomic E-state index is 13.1. The summed E-state index contributed by atoms with van der Waals surface area (Å²) in [5, 5.41) is 3.06. The van der Waals surface area contributed by atoms with Crippen molar-refractivity contribution < 1.29 is 12.8 Å². The minimum atomic E-state index is -3.81. The summed E-state index contributed by atoms with van der Waals surface area (Å²) < 4.78 is 41.7. The fourth-order valence-corrected chi connectivity index (χ4v) is 4.01. The van der Waals surface area contributed by atoms with Crippen molar-refractivity contribution in [2.75, 3.05) is 5.32 Å². The summed E-state index contributed by atoms with van der Waals surface area (Å²) in [6.07, 6.45) is 0. The summed E-state index contributed by atoms with van der Waals surface area (Å²) in [5.41, 5.74) is 3.96. The van der Waals surface area contributed by atoms with Gasteiger partial charge in [0.15, 0.2) is 0 Å². The van der Waals surface area contributed by atoms with Gasteiger partial charge in [-0.3, -0.25) is 0 Å². The number of aryl methyl sites for hydroxylation is 2. The van der Waals surface area contributed by atoms with E-state index in [1.54, 1.807) is 6.92 Å². The van der Waals surface area contributed by atoms with Gasteiger partial charge in [0.1, 0.15) is 16.6 Å². The Morgan fingerprint density at radius 2 is 1.62 bits per heavy atom. The molecule has 0 saturated heterocycles. The lowest BCUT2D eigenvalue weighted by Gasteiger charge is -2.09. The Morgan fingerprint density at radius 3 is 2.25 bits per heavy atom. The SMILES string of the molecule is CC1=C(c2ccc(F)cc2)S(=O)(=O)N=C1Nc1ccc(C)c(C)c1. The number of sulfonamides is 1. The maximum Gasteiger partial charge on any atom is 0.285 e. The normalized spacial score (nSPS) is 16.2. The molecule has 1 N–H and O–H groups in total. The molecule has 0 amide bonds. The lowest BCUT2D eigenvalue weighted by molar-refractivity contribution is 0.608. The van der Waals surface area contributed by atoms with Crippen LogP contribution < -0.4 is 5.32 Å². The van der Waals surface area contributed by atoms with Crippen LogP contribution in [0.1, 0.15) is 23.6 Å². The molecule has 0 fully saturated rings. The zero-order valence-corrected chi connectivity index (χ0v) is 14.4. The third kappa shape index (κ3) is 2.97. The standard InChI is InChI=1S/C18H17FN2O2S/c1-11-4-9-16(10-12(11)2)20-18-13(3)17(24(22,23)21-18)14-5-7-15(19)8-6-14/h4-10H,1-3H3,(H,20,21). The molecule has 0 bridgehead atoms. The molecule has 2 aromatic rings. The van der Waals surface area contributed by atoms with Gasteiger partial charge in [0.05, 0.1) is 0 Å². The Kier molecular flexibility index (Phi) is 4.01. The van der Waals surface area contributed by atoms with E-state index in [0.29, 0.717) is 11.1 Å². The van der Waals surface area contributed by atoms with Crippen LogP contribution >= 0.6 is 0 Å². The highest BCUT2D eigenvalue weighted by molar-refractivity contribution is 8.00. The monoisotopic (exact) mass is 344 g/mol. The molecule has 4 nitrogen and oxygen atoms in total. The van der Waals surface area contributed by atoms with Crippen molar-refractivity contribution in [1.82, 2.24) is 0 Å². The molecule has 2 aromatic carbocycles. The second-order valence-electron chi connectivity index (χ2n) is 5.80. The van der Waals surface area contributed by atoms with Crippen LogP contribution in [-0.2, 0) is 10.0 Å². The second-order valence-corrected chi connectivity index (χ2v) is 7.34. The van der Waals surface area contributed by atoms with E-state index in [9.17, 15) is 12.8 Å². The van der Waals surface area contributed by atoms with E-state index in [1.165, 1.54) is 24.3 Å². The topological polar surface area (TPSA) is 58.5 Å². The van der Waals surface area contributed by atoms with Crippen molar-refractivity contribution in [3.05, 3.63) is 70.5 Å². The highest BCUT2D eigenvalue weighted by Gasteiger charge is 2.31. The summed E-state index contributed by atoms with van der Waals surface area (Å²) in [5.74, 6) is -0.126. The zero-order valence-electron chi connectivity index (χ0n) is 13.6. The molecule has 1 aliphatic heterocycles. The third-order valence-electron chi connectivity index (χ3n) is 4.04. The first-order valence-electron chi connectivity index (χ1n) is 7.44. The Morgan fingerprint density at radius 1 is 0.958 bits per heavy atom. The van der Waals surface area contributed by atoms with Gasteiger partial charge < -0.3 is 5.32 Å². The third-order valence-corrected chi connectivity index (χ3v) is 5.52. The van der Waals surface area contributed by atoms with Gasteiger partial charge in [0.25, 0.3) is 10.0 Å². The Balaban J connectivity index is 2.00. The van der Waals surface area contributed by atoms with Crippen LogP contribution in [0.5, 0.6) is 0 Å². The van der Waals surface area contributed by atoms with Crippen molar-refractivity contribution in [3.8, 4) is 0 Å². The first-order valence-corrected chi connectivity index (χ1v) is 8.88. The Hall–Kier alpha value is -2.47. The van der Waals surface area contributed by atoms with Crippen LogP contribution in [-0.4, -0.2) is 14.3 Å². The van der Waals surface area contributed by atoms with E-state index < -0.39 is 15.8 Å². The number of amidine groups is 1. The van der Waals surface area contributed by atoms with E-state index in [1.807, 2.05) is 32.0 Å². The Labute approximate surface area is 140 Å². The molecule has 0 unspecified atom stereocenters. The number of nitrogens with zero attached hydrogens (tertiary/aromatic N) is 1. The van der Waals surface area contributed by atoms with Gasteiger partial charge in [-0.05, 0) is 61.7 Å². The fraction of sp³-hybridized carbons (Fsp3) is 0.167. The number of nitrogens with one attached hydrogen (secondary N) is 1. The van der Waals surface area contributed by atoms with E-state index in [-0.39, 0.29) is 10.7 Å². The van der Waals surface area contributed by atoms with Crippen LogP contribution in [0, 0.1) is 19.7 Å². The average Bonchev–Trinajstić information content (AvgIpc) is 2.73. The minimum Gasteiger partial charge on any atom is -0.339 e. The van der Waals surface area contributed by atoms with Crippen LogP contribution in [0.25, 0.3) is 4.91 Å². The number of halogens is 1. The molecule has 0 atom stereocenters. The second kappa shape index (κ2) is 5.87.